The molecule has 0 N–H and O–H groups in total. The summed E-state index contributed by atoms with van der Waals surface area (Å²) in [6, 6.07) is 118. The van der Waals surface area contributed by atoms with E-state index in [-0.39, 0.29) is 13.4 Å². The monoisotopic (exact) mass is 1100 g/mol. The van der Waals surface area contributed by atoms with Gasteiger partial charge in [0, 0.05) is 0 Å². The lowest BCUT2D eigenvalue weighted by molar-refractivity contribution is 1.03. The first kappa shape index (κ1) is 54.6. The maximum Gasteiger partial charge on any atom is 0.242 e. The highest BCUT2D eigenvalue weighted by Gasteiger charge is 2.29. The summed E-state index contributed by atoms with van der Waals surface area (Å²) in [5, 5.41) is 0. The Bertz CT molecular complexity index is 3960. The average Bonchev–Trinajstić information content (AvgIpc) is 1.62. The summed E-state index contributed by atoms with van der Waals surface area (Å²) < 4.78 is 0. The number of aromatic nitrogens is 2. The highest BCUT2D eigenvalue weighted by molar-refractivity contribution is 7.01. The van der Waals surface area contributed by atoms with Gasteiger partial charge in [-0.05, 0) is 104 Å². The van der Waals surface area contributed by atoms with Gasteiger partial charge in [-0.25, -0.2) is 9.97 Å². The van der Waals surface area contributed by atoms with Crippen LogP contribution in [0.15, 0.2) is 328 Å². The van der Waals surface area contributed by atoms with Crippen molar-refractivity contribution in [3.05, 3.63) is 361 Å². The Hall–Kier alpha value is -10.7. The third-order valence-corrected chi connectivity index (χ3v) is 16.6. The molecule has 13 rings (SSSR count). The molecule has 406 valence electrons. The van der Waals surface area contributed by atoms with E-state index in [0.717, 1.165) is 56.0 Å². The average molecular weight is 1100 g/mol. The molecule has 0 spiro atoms. The molecule has 0 saturated carbocycles. The summed E-state index contributed by atoms with van der Waals surface area (Å²) >= 11 is 0. The first-order chi connectivity index (χ1) is 42.5. The van der Waals surface area contributed by atoms with E-state index < -0.39 is 0 Å². The van der Waals surface area contributed by atoms with Crippen molar-refractivity contribution in [2.24, 2.45) is 0 Å². The molecule has 0 aliphatic heterocycles. The van der Waals surface area contributed by atoms with Gasteiger partial charge >= 0.3 is 0 Å². The lowest BCUT2D eigenvalue weighted by atomic mass is 9.35. The van der Waals surface area contributed by atoms with Gasteiger partial charge in [0.2, 0.25) is 13.4 Å². The zero-order valence-corrected chi connectivity index (χ0v) is 48.4. The molecule has 0 aliphatic carbocycles. The molecule has 0 amide bonds. The zero-order valence-electron chi connectivity index (χ0n) is 48.4. The quantitative estimate of drug-likeness (QED) is 0.0901. The number of aryl methyl sites for hydroxylation is 2. The number of rotatable bonds is 16. The zero-order chi connectivity index (χ0) is 58.0. The van der Waals surface area contributed by atoms with Crippen LogP contribution in [0.25, 0.3) is 89.9 Å². The van der Waals surface area contributed by atoms with Crippen LogP contribution in [0.2, 0.25) is 0 Å². The van der Waals surface area contributed by atoms with E-state index >= 15 is 0 Å². The fourth-order valence-electron chi connectivity index (χ4n) is 11.9. The molecule has 1 aromatic heterocycles. The fourth-order valence-corrected chi connectivity index (χ4v) is 11.9. The number of hydrogen-bond acceptors (Lipinski definition) is 2. The highest BCUT2D eigenvalue weighted by Crippen LogP contribution is 2.32. The Morgan fingerprint density at radius 2 is 0.395 bits per heavy atom. The largest absolute Gasteiger partial charge is 0.250 e. The summed E-state index contributed by atoms with van der Waals surface area (Å²) in [5.74, 6) is 0. The summed E-state index contributed by atoms with van der Waals surface area (Å²) in [6.07, 6.45) is 4.60. The Kier molecular flexibility index (Phi) is 16.1. The SMILES string of the molecule is Cc1nc(/C=C(\B(c2ccc(-c3ccccc3)cc2)c2ccc(-c3ccccc3)cc2)c2ccc(-c3ccccc3)cc2)c(C)nc1/C=C(\B(c1ccc(-c2ccccc2)cc1)c1ccc(-c2ccccc2)cc1)c1ccc(-c2ccccc2)cc1. The lowest BCUT2D eigenvalue weighted by Crippen LogP contribution is -2.43. The Labute approximate surface area is 507 Å². The topological polar surface area (TPSA) is 25.8 Å². The number of hydrogen-bond donors (Lipinski definition) is 0. The minimum absolute atomic E-state index is 0.166. The van der Waals surface area contributed by atoms with Crippen LogP contribution >= 0.6 is 0 Å². The van der Waals surface area contributed by atoms with E-state index in [1.165, 1.54) is 77.5 Å². The molecule has 13 aromatic rings. The van der Waals surface area contributed by atoms with Gasteiger partial charge in [0.1, 0.15) is 0 Å². The van der Waals surface area contributed by atoms with Crippen molar-refractivity contribution < 1.29 is 0 Å². The molecular formula is C82H62B2N2. The molecule has 0 radical (unpaired) electrons. The van der Waals surface area contributed by atoms with Crippen molar-refractivity contribution in [1.82, 2.24) is 9.97 Å². The summed E-state index contributed by atoms with van der Waals surface area (Å²) in [7, 11) is 0. The maximum absolute atomic E-state index is 5.59. The van der Waals surface area contributed by atoms with E-state index in [1.54, 1.807) is 0 Å². The Balaban J connectivity index is 0.975. The van der Waals surface area contributed by atoms with E-state index in [9.17, 15) is 0 Å². The number of benzene rings is 12. The molecule has 0 bridgehead atoms. The minimum Gasteiger partial charge on any atom is -0.250 e. The van der Waals surface area contributed by atoms with Gasteiger partial charge in [-0.15, -0.1) is 0 Å². The van der Waals surface area contributed by atoms with Gasteiger partial charge in [0.05, 0.1) is 22.8 Å². The van der Waals surface area contributed by atoms with E-state index in [4.69, 9.17) is 9.97 Å². The van der Waals surface area contributed by atoms with Crippen molar-refractivity contribution in [1.29, 1.82) is 0 Å². The van der Waals surface area contributed by atoms with Crippen LogP contribution in [-0.2, 0) is 0 Å². The van der Waals surface area contributed by atoms with Gasteiger partial charge in [-0.1, -0.05) is 360 Å². The summed E-state index contributed by atoms with van der Waals surface area (Å²) in [6.45, 7) is 3.89. The van der Waals surface area contributed by atoms with Gasteiger partial charge < -0.3 is 0 Å². The van der Waals surface area contributed by atoms with Crippen LogP contribution in [0.5, 0.6) is 0 Å². The van der Waals surface area contributed by atoms with E-state index in [2.05, 4.69) is 354 Å². The number of nitrogens with zero attached hydrogens (tertiary/aromatic N) is 2. The van der Waals surface area contributed by atoms with Crippen molar-refractivity contribution in [3.8, 4) is 66.8 Å². The molecule has 86 heavy (non-hydrogen) atoms. The molecular weight excluding hydrogens is 1030 g/mol. The summed E-state index contributed by atoms with van der Waals surface area (Å²) in [4.78, 5) is 11.2. The fraction of sp³-hybridized carbons (Fsp3) is 0.0244. The molecule has 0 atom stereocenters. The van der Waals surface area contributed by atoms with Crippen molar-refractivity contribution in [2.75, 3.05) is 0 Å². The van der Waals surface area contributed by atoms with Crippen molar-refractivity contribution in [3.63, 3.8) is 0 Å². The third-order valence-electron chi connectivity index (χ3n) is 16.6. The normalized spacial score (nSPS) is 11.5. The smallest absolute Gasteiger partial charge is 0.242 e. The lowest BCUT2D eigenvalue weighted by Gasteiger charge is -2.22. The van der Waals surface area contributed by atoms with Crippen LogP contribution in [0.4, 0.5) is 0 Å². The van der Waals surface area contributed by atoms with Crippen LogP contribution in [0.1, 0.15) is 33.9 Å². The van der Waals surface area contributed by atoms with Gasteiger partial charge in [0.25, 0.3) is 0 Å². The van der Waals surface area contributed by atoms with Gasteiger partial charge in [-0.3, -0.25) is 0 Å². The van der Waals surface area contributed by atoms with Gasteiger partial charge in [-0.2, -0.15) is 0 Å². The molecule has 12 aromatic carbocycles. The molecule has 0 aliphatic rings. The Morgan fingerprint density at radius 3 is 0.593 bits per heavy atom. The first-order valence-corrected chi connectivity index (χ1v) is 29.7. The molecule has 2 nitrogen and oxygen atoms in total. The molecule has 0 unspecified atom stereocenters. The first-order valence-electron chi connectivity index (χ1n) is 29.7. The minimum atomic E-state index is -0.166. The second-order valence-electron chi connectivity index (χ2n) is 22.1. The Morgan fingerprint density at radius 1 is 0.221 bits per heavy atom. The standard InChI is InChI=1S/C82H62B2N2/c1-59-81(57-79(73-37-33-67(34-38-73)61-21-9-3-10-22-61)83(75-49-41-69(42-50-75)63-25-13-5-14-26-63)76-51-43-70(44-52-76)64-27-15-6-16-28-64)86-60(2)82(85-59)58-80(74-39-35-68(36-40-74)62-23-11-4-12-24-62)84(77-53-45-71(46-54-77)65-29-17-7-18-30-65)78-55-47-72(48-56-78)66-31-19-8-20-32-66/h3-58H,1-2H3/b79-57-,80-58-. The molecule has 0 saturated heterocycles. The second-order valence-corrected chi connectivity index (χ2v) is 22.1. The van der Waals surface area contributed by atoms with Crippen LogP contribution < -0.4 is 21.9 Å². The highest BCUT2D eigenvalue weighted by atomic mass is 14.8. The summed E-state index contributed by atoms with van der Waals surface area (Å²) in [5.41, 5.74) is 26.6. The van der Waals surface area contributed by atoms with Gasteiger partial charge in [0.15, 0.2) is 0 Å². The van der Waals surface area contributed by atoms with Crippen LogP contribution in [-0.4, -0.2) is 23.4 Å². The van der Waals surface area contributed by atoms with E-state index in [0.29, 0.717) is 0 Å². The third kappa shape index (κ3) is 12.2. The second kappa shape index (κ2) is 25.4. The van der Waals surface area contributed by atoms with Crippen molar-refractivity contribution in [2.45, 2.75) is 13.8 Å². The van der Waals surface area contributed by atoms with E-state index in [1.807, 2.05) is 0 Å². The predicted molar refractivity (Wildman–Crippen MR) is 369 cm³/mol. The maximum atomic E-state index is 5.59. The molecule has 0 fully saturated rings. The van der Waals surface area contributed by atoms with Crippen molar-refractivity contribution >= 4 is 58.4 Å². The van der Waals surface area contributed by atoms with Crippen LogP contribution in [0.3, 0.4) is 0 Å². The predicted octanol–water partition coefficient (Wildman–Crippen LogP) is 17.9. The molecule has 1 heterocycles. The molecule has 4 heteroatoms. The van der Waals surface area contributed by atoms with Crippen LogP contribution in [0, 0.1) is 13.8 Å².